The zero-order chi connectivity index (χ0) is 24.4. The van der Waals surface area contributed by atoms with E-state index < -0.39 is 26.0 Å². The number of nitrogens with one attached hydrogen (secondary N) is 2. The molecular weight excluding hydrogens is 486 g/mol. The summed E-state index contributed by atoms with van der Waals surface area (Å²) in [6.07, 6.45) is 1.04. The summed E-state index contributed by atoms with van der Waals surface area (Å²) in [6, 6.07) is 16.8. The SMILES string of the molecule is Cc1c(Cl)cccc1NS(=O)(=O)c1ccc(NC(=O)c2ccccc2N(C)S(C)(=O)=O)cc1. The predicted octanol–water partition coefficient (Wildman–Crippen LogP) is 4.10. The Morgan fingerprint density at radius 3 is 2.18 bits per heavy atom. The Labute approximate surface area is 198 Å². The van der Waals surface area contributed by atoms with Crippen LogP contribution in [0.25, 0.3) is 0 Å². The third kappa shape index (κ3) is 5.65. The number of amides is 1. The van der Waals surface area contributed by atoms with E-state index in [0.717, 1.165) is 10.6 Å². The normalized spacial score (nSPS) is 11.6. The Kier molecular flexibility index (Phi) is 7.01. The number of para-hydroxylation sites is 1. The second-order valence-electron chi connectivity index (χ2n) is 7.24. The van der Waals surface area contributed by atoms with Gasteiger partial charge in [0.15, 0.2) is 0 Å². The summed E-state index contributed by atoms with van der Waals surface area (Å²) >= 11 is 6.05. The van der Waals surface area contributed by atoms with Gasteiger partial charge in [0.2, 0.25) is 10.0 Å². The Morgan fingerprint density at radius 1 is 0.909 bits per heavy atom. The molecule has 3 aromatic rings. The van der Waals surface area contributed by atoms with Crippen LogP contribution < -0.4 is 14.3 Å². The van der Waals surface area contributed by atoms with Gasteiger partial charge in [-0.3, -0.25) is 13.8 Å². The minimum absolute atomic E-state index is 0.00270. The van der Waals surface area contributed by atoms with Crippen molar-refractivity contribution in [1.82, 2.24) is 0 Å². The third-order valence-corrected chi connectivity index (χ3v) is 7.90. The van der Waals surface area contributed by atoms with Crippen LogP contribution in [0.3, 0.4) is 0 Å². The lowest BCUT2D eigenvalue weighted by Gasteiger charge is -2.19. The smallest absolute Gasteiger partial charge is 0.261 e. The first-order valence-electron chi connectivity index (χ1n) is 9.62. The van der Waals surface area contributed by atoms with Crippen molar-refractivity contribution in [3.63, 3.8) is 0 Å². The topological polar surface area (TPSA) is 113 Å². The maximum absolute atomic E-state index is 12.8. The minimum atomic E-state index is -3.88. The van der Waals surface area contributed by atoms with Crippen LogP contribution in [0.5, 0.6) is 0 Å². The molecule has 1 amide bonds. The number of sulfonamides is 2. The number of hydrogen-bond acceptors (Lipinski definition) is 5. The zero-order valence-electron chi connectivity index (χ0n) is 18.0. The van der Waals surface area contributed by atoms with Gasteiger partial charge in [0.05, 0.1) is 28.1 Å². The number of rotatable bonds is 7. The number of hydrogen-bond donors (Lipinski definition) is 2. The summed E-state index contributed by atoms with van der Waals surface area (Å²) in [4.78, 5) is 12.8. The average molecular weight is 508 g/mol. The fraction of sp³-hybridized carbons (Fsp3) is 0.136. The van der Waals surface area contributed by atoms with Crippen LogP contribution in [0.2, 0.25) is 5.02 Å². The molecule has 3 aromatic carbocycles. The van der Waals surface area contributed by atoms with E-state index >= 15 is 0 Å². The van der Waals surface area contributed by atoms with Crippen molar-refractivity contribution in [2.75, 3.05) is 27.6 Å². The molecule has 3 rings (SSSR count). The van der Waals surface area contributed by atoms with Crippen LogP contribution in [0, 0.1) is 6.92 Å². The fourth-order valence-electron chi connectivity index (χ4n) is 2.96. The summed E-state index contributed by atoms with van der Waals surface area (Å²) in [5.41, 5.74) is 1.68. The molecule has 0 aromatic heterocycles. The summed E-state index contributed by atoms with van der Waals surface area (Å²) < 4.78 is 52.8. The second kappa shape index (κ2) is 9.42. The molecular formula is C22H22ClN3O5S2. The highest BCUT2D eigenvalue weighted by Gasteiger charge is 2.20. The average Bonchev–Trinajstić information content (AvgIpc) is 2.76. The maximum Gasteiger partial charge on any atom is 0.261 e. The van der Waals surface area contributed by atoms with Crippen molar-refractivity contribution in [3.05, 3.63) is 82.9 Å². The molecule has 0 bridgehead atoms. The van der Waals surface area contributed by atoms with Crippen molar-refractivity contribution in [1.29, 1.82) is 0 Å². The van der Waals surface area contributed by atoms with Crippen LogP contribution in [0.4, 0.5) is 17.1 Å². The predicted molar refractivity (Wildman–Crippen MR) is 131 cm³/mol. The Morgan fingerprint density at radius 2 is 1.55 bits per heavy atom. The first kappa shape index (κ1) is 24.6. The molecule has 0 saturated carbocycles. The number of carbonyl (C=O) groups is 1. The van der Waals surface area contributed by atoms with Crippen molar-refractivity contribution >= 4 is 54.6 Å². The van der Waals surface area contributed by atoms with Crippen LogP contribution in [-0.4, -0.2) is 36.0 Å². The number of halogens is 1. The molecule has 0 unspecified atom stereocenters. The molecule has 0 radical (unpaired) electrons. The quantitative estimate of drug-likeness (QED) is 0.500. The van der Waals surface area contributed by atoms with E-state index in [1.807, 2.05) is 0 Å². The molecule has 0 aliphatic carbocycles. The van der Waals surface area contributed by atoms with Crippen molar-refractivity contribution in [2.24, 2.45) is 0 Å². The summed E-state index contributed by atoms with van der Waals surface area (Å²) in [6.45, 7) is 1.71. The molecule has 0 fully saturated rings. The van der Waals surface area contributed by atoms with E-state index in [0.29, 0.717) is 22.0 Å². The molecule has 0 atom stereocenters. The highest BCUT2D eigenvalue weighted by molar-refractivity contribution is 7.92. The zero-order valence-corrected chi connectivity index (χ0v) is 20.4. The lowest BCUT2D eigenvalue weighted by Crippen LogP contribution is -2.27. The van der Waals surface area contributed by atoms with Crippen LogP contribution >= 0.6 is 11.6 Å². The molecule has 8 nitrogen and oxygen atoms in total. The number of anilines is 3. The van der Waals surface area contributed by atoms with Gasteiger partial charge in [-0.05, 0) is 61.0 Å². The number of carbonyl (C=O) groups excluding carboxylic acids is 1. The Bertz CT molecular complexity index is 1410. The molecule has 0 heterocycles. The van der Waals surface area contributed by atoms with Gasteiger partial charge < -0.3 is 5.32 Å². The summed E-state index contributed by atoms with van der Waals surface area (Å²) in [5, 5.41) is 3.10. The lowest BCUT2D eigenvalue weighted by molar-refractivity contribution is 0.102. The minimum Gasteiger partial charge on any atom is -0.322 e. The van der Waals surface area contributed by atoms with Crippen LogP contribution in [0.15, 0.2) is 71.6 Å². The molecule has 33 heavy (non-hydrogen) atoms. The van der Waals surface area contributed by atoms with Crippen molar-refractivity contribution in [2.45, 2.75) is 11.8 Å². The van der Waals surface area contributed by atoms with Gasteiger partial charge in [0.25, 0.3) is 15.9 Å². The van der Waals surface area contributed by atoms with Gasteiger partial charge in [-0.1, -0.05) is 29.8 Å². The molecule has 0 aliphatic rings. The first-order chi connectivity index (χ1) is 15.4. The molecule has 0 spiro atoms. The number of benzene rings is 3. The summed E-state index contributed by atoms with van der Waals surface area (Å²) in [5.74, 6) is -0.538. The van der Waals surface area contributed by atoms with Gasteiger partial charge in [0, 0.05) is 17.8 Å². The van der Waals surface area contributed by atoms with E-state index in [-0.39, 0.29) is 16.1 Å². The maximum atomic E-state index is 12.8. The number of nitrogens with zero attached hydrogens (tertiary/aromatic N) is 1. The van der Waals surface area contributed by atoms with Gasteiger partial charge >= 0.3 is 0 Å². The first-order valence-corrected chi connectivity index (χ1v) is 13.3. The molecule has 2 N–H and O–H groups in total. The molecule has 0 aliphatic heterocycles. The van der Waals surface area contributed by atoms with Gasteiger partial charge in [-0.2, -0.15) is 0 Å². The second-order valence-corrected chi connectivity index (χ2v) is 11.3. The van der Waals surface area contributed by atoms with Gasteiger partial charge in [0.1, 0.15) is 0 Å². The van der Waals surface area contributed by atoms with Gasteiger partial charge in [-0.15, -0.1) is 0 Å². The lowest BCUT2D eigenvalue weighted by atomic mass is 10.1. The van der Waals surface area contributed by atoms with E-state index in [1.54, 1.807) is 37.3 Å². The fourth-order valence-corrected chi connectivity index (χ4v) is 4.77. The van der Waals surface area contributed by atoms with Crippen molar-refractivity contribution in [3.8, 4) is 0 Å². The van der Waals surface area contributed by atoms with E-state index in [1.165, 1.54) is 43.4 Å². The molecule has 0 saturated heterocycles. The highest BCUT2D eigenvalue weighted by Crippen LogP contribution is 2.26. The van der Waals surface area contributed by atoms with Crippen molar-refractivity contribution < 1.29 is 21.6 Å². The Balaban J connectivity index is 1.80. The largest absolute Gasteiger partial charge is 0.322 e. The van der Waals surface area contributed by atoms with Crippen LogP contribution in [0.1, 0.15) is 15.9 Å². The third-order valence-electron chi connectivity index (χ3n) is 4.92. The monoisotopic (exact) mass is 507 g/mol. The highest BCUT2D eigenvalue weighted by atomic mass is 35.5. The summed E-state index contributed by atoms with van der Waals surface area (Å²) in [7, 11) is -6.09. The van der Waals surface area contributed by atoms with E-state index in [2.05, 4.69) is 10.0 Å². The molecule has 174 valence electrons. The molecule has 11 heteroatoms. The van der Waals surface area contributed by atoms with E-state index in [9.17, 15) is 21.6 Å². The Hall–Kier alpha value is -3.08. The van der Waals surface area contributed by atoms with Crippen LogP contribution in [-0.2, 0) is 20.0 Å². The van der Waals surface area contributed by atoms with E-state index in [4.69, 9.17) is 11.6 Å². The van der Waals surface area contributed by atoms with Gasteiger partial charge in [-0.25, -0.2) is 16.8 Å². The standard InChI is InChI=1S/C22H22ClN3O5S2/c1-15-19(23)8-6-9-20(15)25-33(30,31)17-13-11-16(12-14-17)24-22(27)18-7-4-5-10-21(18)26(2)32(3,28)29/h4-14,25H,1-3H3,(H,24,27).